The van der Waals surface area contributed by atoms with Gasteiger partial charge in [-0.15, -0.1) is 0 Å². The number of hydrogen-bond acceptors (Lipinski definition) is 3. The number of aromatic hydroxyl groups is 1. The molecule has 1 saturated carbocycles. The van der Waals surface area contributed by atoms with Gasteiger partial charge in [-0.25, -0.2) is 0 Å². The van der Waals surface area contributed by atoms with Gasteiger partial charge in [0.15, 0.2) is 0 Å². The molecule has 2 heterocycles. The highest BCUT2D eigenvalue weighted by molar-refractivity contribution is 5.34. The lowest BCUT2D eigenvalue weighted by atomic mass is 9.63. The van der Waals surface area contributed by atoms with Crippen LogP contribution in [-0.4, -0.2) is 29.0 Å². The molecule has 4 rings (SSSR count). The minimum Gasteiger partial charge on any atom is -0.508 e. The first-order chi connectivity index (χ1) is 8.18. The zero-order valence-electron chi connectivity index (χ0n) is 9.85. The van der Waals surface area contributed by atoms with Crippen molar-refractivity contribution in [1.29, 1.82) is 0 Å². The van der Waals surface area contributed by atoms with E-state index in [1.165, 1.54) is 5.56 Å². The van der Waals surface area contributed by atoms with Gasteiger partial charge in [0.05, 0.1) is 18.8 Å². The quantitative estimate of drug-likeness (QED) is 0.822. The zero-order chi connectivity index (χ0) is 11.9. The molecule has 2 saturated heterocycles. The van der Waals surface area contributed by atoms with Crippen LogP contribution in [-0.2, 0) is 10.2 Å². The van der Waals surface area contributed by atoms with E-state index in [2.05, 4.69) is 6.07 Å². The molecule has 3 aliphatic rings. The first-order valence-electron chi connectivity index (χ1n) is 6.23. The molecule has 1 aromatic rings. The lowest BCUT2D eigenvalue weighted by Crippen LogP contribution is -2.54. The molecular formula is C14H18O3. The smallest absolute Gasteiger partial charge is 0.115 e. The van der Waals surface area contributed by atoms with Gasteiger partial charge in [-0.1, -0.05) is 12.1 Å². The van der Waals surface area contributed by atoms with E-state index in [0.29, 0.717) is 12.4 Å². The number of fused-ring (bicyclic) bond motifs is 3. The Hall–Kier alpha value is -1.06. The molecule has 2 N–H and O–H groups in total. The molecule has 17 heavy (non-hydrogen) atoms. The standard InChI is InChI=1S/C14H18O3/c15-9-14-6-4-13(5-7-14,10-17-14)11-2-1-3-12(16)8-11/h1-3,8,15-16H,4-7,9-10H2. The average molecular weight is 234 g/mol. The fourth-order valence-corrected chi connectivity index (χ4v) is 3.18. The Labute approximate surface area is 101 Å². The van der Waals surface area contributed by atoms with E-state index >= 15 is 0 Å². The second-order valence-corrected chi connectivity index (χ2v) is 5.46. The van der Waals surface area contributed by atoms with Gasteiger partial charge in [-0.3, -0.25) is 0 Å². The average Bonchev–Trinajstić information content (AvgIpc) is 2.41. The molecule has 0 unspecified atom stereocenters. The maximum absolute atomic E-state index is 9.58. The highest BCUT2D eigenvalue weighted by atomic mass is 16.5. The van der Waals surface area contributed by atoms with Crippen LogP contribution >= 0.6 is 0 Å². The van der Waals surface area contributed by atoms with Crippen LogP contribution in [0.5, 0.6) is 5.75 Å². The van der Waals surface area contributed by atoms with Gasteiger partial charge in [0.1, 0.15) is 5.75 Å². The molecule has 2 aliphatic heterocycles. The maximum Gasteiger partial charge on any atom is 0.115 e. The number of aliphatic hydroxyl groups excluding tert-OH is 1. The van der Waals surface area contributed by atoms with Crippen molar-refractivity contribution in [1.82, 2.24) is 0 Å². The van der Waals surface area contributed by atoms with Gasteiger partial charge in [-0.2, -0.15) is 0 Å². The van der Waals surface area contributed by atoms with E-state index in [9.17, 15) is 10.2 Å². The summed E-state index contributed by atoms with van der Waals surface area (Å²) in [6.07, 6.45) is 3.91. The number of phenolic OH excluding ortho intramolecular Hbond substituents is 1. The van der Waals surface area contributed by atoms with E-state index < -0.39 is 0 Å². The van der Waals surface area contributed by atoms with Crippen molar-refractivity contribution in [3.05, 3.63) is 29.8 Å². The summed E-state index contributed by atoms with van der Waals surface area (Å²) in [6.45, 7) is 0.792. The van der Waals surface area contributed by atoms with Crippen molar-refractivity contribution < 1.29 is 14.9 Å². The highest BCUT2D eigenvalue weighted by Gasteiger charge is 2.50. The third-order valence-electron chi connectivity index (χ3n) is 4.52. The number of hydrogen-bond donors (Lipinski definition) is 2. The summed E-state index contributed by atoms with van der Waals surface area (Å²) in [4.78, 5) is 0. The minimum absolute atomic E-state index is 0.0513. The first kappa shape index (κ1) is 11.1. The van der Waals surface area contributed by atoms with E-state index in [1.54, 1.807) is 6.07 Å². The molecule has 92 valence electrons. The molecule has 3 fully saturated rings. The van der Waals surface area contributed by atoms with E-state index in [4.69, 9.17) is 4.74 Å². The molecule has 3 heteroatoms. The fraction of sp³-hybridized carbons (Fsp3) is 0.571. The molecular weight excluding hydrogens is 216 g/mol. The Morgan fingerprint density at radius 1 is 1.18 bits per heavy atom. The van der Waals surface area contributed by atoms with Crippen molar-refractivity contribution in [2.24, 2.45) is 0 Å². The van der Waals surface area contributed by atoms with Crippen molar-refractivity contribution >= 4 is 0 Å². The van der Waals surface area contributed by atoms with Crippen LogP contribution in [0.1, 0.15) is 31.2 Å². The number of ether oxygens (including phenoxy) is 1. The van der Waals surface area contributed by atoms with Crippen molar-refractivity contribution in [3.63, 3.8) is 0 Å². The molecule has 0 radical (unpaired) electrons. The first-order valence-corrected chi connectivity index (χ1v) is 6.23. The number of benzene rings is 1. The third kappa shape index (κ3) is 1.65. The summed E-state index contributed by atoms with van der Waals surface area (Å²) in [6, 6.07) is 7.51. The third-order valence-corrected chi connectivity index (χ3v) is 4.52. The molecule has 3 nitrogen and oxygen atoms in total. The number of aliphatic hydroxyl groups is 1. The second kappa shape index (κ2) is 3.72. The monoisotopic (exact) mass is 234 g/mol. The molecule has 0 spiro atoms. The fourth-order valence-electron chi connectivity index (χ4n) is 3.18. The summed E-state index contributed by atoms with van der Waals surface area (Å²) >= 11 is 0. The summed E-state index contributed by atoms with van der Waals surface area (Å²) in [5, 5.41) is 19.0. The lowest BCUT2D eigenvalue weighted by Gasteiger charge is -2.52. The van der Waals surface area contributed by atoms with Crippen molar-refractivity contribution in [2.45, 2.75) is 36.7 Å². The molecule has 0 atom stereocenters. The number of rotatable bonds is 2. The van der Waals surface area contributed by atoms with Crippen LogP contribution in [0.15, 0.2) is 24.3 Å². The van der Waals surface area contributed by atoms with E-state index in [0.717, 1.165) is 25.7 Å². The second-order valence-electron chi connectivity index (χ2n) is 5.46. The zero-order valence-corrected chi connectivity index (χ0v) is 9.85. The van der Waals surface area contributed by atoms with Crippen molar-refractivity contribution in [2.75, 3.05) is 13.2 Å². The van der Waals surface area contributed by atoms with Gasteiger partial charge in [0.2, 0.25) is 0 Å². The molecule has 0 aromatic heterocycles. The minimum atomic E-state index is -0.279. The topological polar surface area (TPSA) is 49.7 Å². The van der Waals surface area contributed by atoms with Crippen molar-refractivity contribution in [3.8, 4) is 5.75 Å². The van der Waals surface area contributed by atoms with Crippen LogP contribution in [0.4, 0.5) is 0 Å². The van der Waals surface area contributed by atoms with Gasteiger partial charge < -0.3 is 14.9 Å². The van der Waals surface area contributed by atoms with Crippen LogP contribution in [0.3, 0.4) is 0 Å². The maximum atomic E-state index is 9.58. The Balaban J connectivity index is 1.90. The van der Waals surface area contributed by atoms with E-state index in [1.807, 2.05) is 12.1 Å². The van der Waals surface area contributed by atoms with Gasteiger partial charge in [0, 0.05) is 5.41 Å². The van der Waals surface area contributed by atoms with Crippen LogP contribution < -0.4 is 0 Å². The normalized spacial score (nSPS) is 36.1. The summed E-state index contributed by atoms with van der Waals surface area (Å²) in [5.74, 6) is 0.321. The van der Waals surface area contributed by atoms with Gasteiger partial charge in [0.25, 0.3) is 0 Å². The predicted octanol–water partition coefficient (Wildman–Crippen LogP) is 1.97. The Bertz CT molecular complexity index is 403. The lowest BCUT2D eigenvalue weighted by molar-refractivity contribution is -0.175. The van der Waals surface area contributed by atoms with Crippen LogP contribution in [0.25, 0.3) is 0 Å². The van der Waals surface area contributed by atoms with Crippen LogP contribution in [0.2, 0.25) is 0 Å². The Morgan fingerprint density at radius 2 is 1.94 bits per heavy atom. The molecule has 1 aliphatic carbocycles. The number of phenols is 1. The van der Waals surface area contributed by atoms with Gasteiger partial charge in [-0.05, 0) is 43.4 Å². The van der Waals surface area contributed by atoms with Gasteiger partial charge >= 0.3 is 0 Å². The van der Waals surface area contributed by atoms with Crippen LogP contribution in [0, 0.1) is 0 Å². The molecule has 2 bridgehead atoms. The summed E-state index contributed by atoms with van der Waals surface area (Å²) < 4.78 is 5.88. The summed E-state index contributed by atoms with van der Waals surface area (Å²) in [7, 11) is 0. The Kier molecular flexibility index (Phi) is 2.42. The molecule has 1 aromatic carbocycles. The Morgan fingerprint density at radius 3 is 2.47 bits per heavy atom. The SMILES string of the molecule is OCC12CCC(c3cccc(O)c3)(CC1)CO2. The molecule has 0 amide bonds. The summed E-state index contributed by atoms with van der Waals surface area (Å²) in [5.41, 5.74) is 0.942. The predicted molar refractivity (Wildman–Crippen MR) is 64.0 cm³/mol. The largest absolute Gasteiger partial charge is 0.508 e. The van der Waals surface area contributed by atoms with E-state index in [-0.39, 0.29) is 17.6 Å². The highest BCUT2D eigenvalue weighted by Crippen LogP contribution is 2.50.